The first-order chi connectivity index (χ1) is 7.85. The maximum Gasteiger partial charge on any atom is 0.0615 e. The number of nitrogens with two attached hydrogens (primary N) is 1. The SMILES string of the molecule is COCCCCCNC(CCCN)COC. The van der Waals surface area contributed by atoms with Gasteiger partial charge in [0.25, 0.3) is 0 Å². The summed E-state index contributed by atoms with van der Waals surface area (Å²) in [6.45, 7) is 3.46. The number of rotatable bonds is 12. The molecule has 0 fully saturated rings. The van der Waals surface area contributed by atoms with Crippen LogP contribution in [0.15, 0.2) is 0 Å². The van der Waals surface area contributed by atoms with Gasteiger partial charge in [-0.3, -0.25) is 0 Å². The molecule has 0 aromatic carbocycles. The topological polar surface area (TPSA) is 56.5 Å². The van der Waals surface area contributed by atoms with Crippen LogP contribution in [0.2, 0.25) is 0 Å². The zero-order valence-corrected chi connectivity index (χ0v) is 10.8. The fourth-order valence-electron chi connectivity index (χ4n) is 1.66. The van der Waals surface area contributed by atoms with Crippen LogP contribution in [0.3, 0.4) is 0 Å². The van der Waals surface area contributed by atoms with Crippen molar-refractivity contribution < 1.29 is 9.47 Å². The van der Waals surface area contributed by atoms with Crippen LogP contribution in [-0.4, -0.2) is 46.6 Å². The van der Waals surface area contributed by atoms with Gasteiger partial charge in [0, 0.05) is 26.9 Å². The van der Waals surface area contributed by atoms with Crippen LogP contribution in [0, 0.1) is 0 Å². The van der Waals surface area contributed by atoms with Gasteiger partial charge in [-0.2, -0.15) is 0 Å². The second-order valence-corrected chi connectivity index (χ2v) is 4.09. The van der Waals surface area contributed by atoms with Crippen LogP contribution >= 0.6 is 0 Å². The zero-order chi connectivity index (χ0) is 12.1. The molecular formula is C12H28N2O2. The van der Waals surface area contributed by atoms with E-state index in [1.54, 1.807) is 14.2 Å². The first kappa shape index (κ1) is 15.8. The summed E-state index contributed by atoms with van der Waals surface area (Å²) < 4.78 is 10.2. The minimum Gasteiger partial charge on any atom is -0.385 e. The molecule has 0 amide bonds. The van der Waals surface area contributed by atoms with Crippen molar-refractivity contribution in [1.29, 1.82) is 0 Å². The van der Waals surface area contributed by atoms with Crippen molar-refractivity contribution in [3.8, 4) is 0 Å². The summed E-state index contributed by atoms with van der Waals surface area (Å²) in [5.41, 5.74) is 5.50. The maximum atomic E-state index is 5.50. The monoisotopic (exact) mass is 232 g/mol. The van der Waals surface area contributed by atoms with Crippen molar-refractivity contribution in [1.82, 2.24) is 5.32 Å². The molecule has 0 aromatic rings. The van der Waals surface area contributed by atoms with E-state index in [4.69, 9.17) is 15.2 Å². The van der Waals surface area contributed by atoms with Crippen molar-refractivity contribution in [2.75, 3.05) is 40.5 Å². The third-order valence-electron chi connectivity index (χ3n) is 2.58. The van der Waals surface area contributed by atoms with Gasteiger partial charge in [0.05, 0.1) is 6.61 Å². The van der Waals surface area contributed by atoms with Crippen molar-refractivity contribution in [2.45, 2.75) is 38.1 Å². The molecule has 0 bridgehead atoms. The van der Waals surface area contributed by atoms with Gasteiger partial charge < -0.3 is 20.5 Å². The maximum absolute atomic E-state index is 5.50. The number of nitrogens with one attached hydrogen (secondary N) is 1. The minimum atomic E-state index is 0.455. The summed E-state index contributed by atoms with van der Waals surface area (Å²) in [5.74, 6) is 0. The van der Waals surface area contributed by atoms with Gasteiger partial charge in [0.15, 0.2) is 0 Å². The molecule has 0 saturated carbocycles. The van der Waals surface area contributed by atoms with Crippen molar-refractivity contribution in [3.05, 3.63) is 0 Å². The van der Waals surface area contributed by atoms with Gasteiger partial charge in [-0.05, 0) is 45.2 Å². The van der Waals surface area contributed by atoms with E-state index in [0.717, 1.165) is 45.6 Å². The van der Waals surface area contributed by atoms with E-state index in [1.807, 2.05) is 0 Å². The largest absolute Gasteiger partial charge is 0.385 e. The Morgan fingerprint density at radius 2 is 1.88 bits per heavy atom. The predicted octanol–water partition coefficient (Wildman–Crippen LogP) is 1.15. The molecule has 0 aliphatic heterocycles. The molecule has 1 atom stereocenters. The molecule has 3 N–H and O–H groups in total. The molecule has 0 rings (SSSR count). The van der Waals surface area contributed by atoms with Crippen molar-refractivity contribution >= 4 is 0 Å². The second-order valence-electron chi connectivity index (χ2n) is 4.09. The van der Waals surface area contributed by atoms with Gasteiger partial charge >= 0.3 is 0 Å². The molecule has 0 spiro atoms. The van der Waals surface area contributed by atoms with E-state index in [0.29, 0.717) is 6.04 Å². The summed E-state index contributed by atoms with van der Waals surface area (Å²) >= 11 is 0. The fourth-order valence-corrected chi connectivity index (χ4v) is 1.66. The van der Waals surface area contributed by atoms with Gasteiger partial charge in [0.2, 0.25) is 0 Å². The summed E-state index contributed by atoms with van der Waals surface area (Å²) in [7, 11) is 3.50. The van der Waals surface area contributed by atoms with E-state index in [2.05, 4.69) is 5.32 Å². The summed E-state index contributed by atoms with van der Waals surface area (Å²) in [6, 6.07) is 0.455. The molecule has 4 heteroatoms. The standard InChI is InChI=1S/C12H28N2O2/c1-15-10-5-3-4-9-14-12(11-16-2)7-6-8-13/h12,14H,3-11,13H2,1-2H3. The number of ether oxygens (including phenoxy) is 2. The lowest BCUT2D eigenvalue weighted by Gasteiger charge is -2.17. The molecule has 16 heavy (non-hydrogen) atoms. The number of hydrogen-bond acceptors (Lipinski definition) is 4. The molecule has 0 saturated heterocycles. The smallest absolute Gasteiger partial charge is 0.0615 e. The summed E-state index contributed by atoms with van der Waals surface area (Å²) in [4.78, 5) is 0. The van der Waals surface area contributed by atoms with E-state index in [1.165, 1.54) is 12.8 Å². The molecular weight excluding hydrogens is 204 g/mol. The zero-order valence-electron chi connectivity index (χ0n) is 10.8. The minimum absolute atomic E-state index is 0.455. The Morgan fingerprint density at radius 3 is 2.50 bits per heavy atom. The van der Waals surface area contributed by atoms with Gasteiger partial charge in [-0.1, -0.05) is 0 Å². The third-order valence-corrected chi connectivity index (χ3v) is 2.58. The molecule has 0 heterocycles. The number of hydrogen-bond donors (Lipinski definition) is 2. The molecule has 4 nitrogen and oxygen atoms in total. The molecule has 0 aliphatic rings. The first-order valence-electron chi connectivity index (χ1n) is 6.26. The molecule has 0 radical (unpaired) electrons. The Hall–Kier alpha value is -0.160. The average molecular weight is 232 g/mol. The molecule has 98 valence electrons. The second kappa shape index (κ2) is 12.9. The Morgan fingerprint density at radius 1 is 1.06 bits per heavy atom. The Labute approximate surface area is 99.9 Å². The highest BCUT2D eigenvalue weighted by Crippen LogP contribution is 1.99. The first-order valence-corrected chi connectivity index (χ1v) is 6.26. The Balaban J connectivity index is 3.36. The Bertz CT molecular complexity index is 134. The average Bonchev–Trinajstić information content (AvgIpc) is 2.30. The predicted molar refractivity (Wildman–Crippen MR) is 67.7 cm³/mol. The van der Waals surface area contributed by atoms with Gasteiger partial charge in [-0.25, -0.2) is 0 Å². The molecule has 1 unspecified atom stereocenters. The highest BCUT2D eigenvalue weighted by molar-refractivity contribution is 4.66. The van der Waals surface area contributed by atoms with Crippen LogP contribution in [0.1, 0.15) is 32.1 Å². The van der Waals surface area contributed by atoms with E-state index in [-0.39, 0.29) is 0 Å². The Kier molecular flexibility index (Phi) is 12.8. The lowest BCUT2D eigenvalue weighted by atomic mass is 10.1. The van der Waals surface area contributed by atoms with Gasteiger partial charge in [0.1, 0.15) is 0 Å². The lowest BCUT2D eigenvalue weighted by molar-refractivity contribution is 0.161. The fraction of sp³-hybridized carbons (Fsp3) is 1.00. The van der Waals surface area contributed by atoms with E-state index >= 15 is 0 Å². The summed E-state index contributed by atoms with van der Waals surface area (Å²) in [6.07, 6.45) is 5.73. The molecule has 0 aliphatic carbocycles. The summed E-state index contributed by atoms with van der Waals surface area (Å²) in [5, 5.41) is 3.51. The van der Waals surface area contributed by atoms with Gasteiger partial charge in [-0.15, -0.1) is 0 Å². The van der Waals surface area contributed by atoms with E-state index < -0.39 is 0 Å². The van der Waals surface area contributed by atoms with Crippen LogP contribution in [-0.2, 0) is 9.47 Å². The highest BCUT2D eigenvalue weighted by atomic mass is 16.5. The molecule has 0 aromatic heterocycles. The quantitative estimate of drug-likeness (QED) is 0.496. The van der Waals surface area contributed by atoms with Crippen LogP contribution in [0.5, 0.6) is 0 Å². The van der Waals surface area contributed by atoms with Crippen LogP contribution in [0.4, 0.5) is 0 Å². The van der Waals surface area contributed by atoms with Crippen LogP contribution in [0.25, 0.3) is 0 Å². The number of methoxy groups -OCH3 is 2. The number of unbranched alkanes of at least 4 members (excludes halogenated alkanes) is 2. The van der Waals surface area contributed by atoms with Crippen molar-refractivity contribution in [3.63, 3.8) is 0 Å². The van der Waals surface area contributed by atoms with Crippen LogP contribution < -0.4 is 11.1 Å². The third kappa shape index (κ3) is 10.4. The normalized spacial score (nSPS) is 12.9. The lowest BCUT2D eigenvalue weighted by Crippen LogP contribution is -2.34. The van der Waals surface area contributed by atoms with Crippen molar-refractivity contribution in [2.24, 2.45) is 5.73 Å². The van der Waals surface area contributed by atoms with E-state index in [9.17, 15) is 0 Å². The highest BCUT2D eigenvalue weighted by Gasteiger charge is 2.06.